The van der Waals surface area contributed by atoms with Gasteiger partial charge in [-0.05, 0) is 29.8 Å². The molecule has 3 rings (SSSR count). The number of para-hydroxylation sites is 1. The molecule has 0 aliphatic carbocycles. The summed E-state index contributed by atoms with van der Waals surface area (Å²) in [5.74, 6) is -1.38. The molecule has 0 saturated heterocycles. The number of nitrogens with zero attached hydrogens (tertiary/aromatic N) is 1. The van der Waals surface area contributed by atoms with E-state index in [1.807, 2.05) is 0 Å². The summed E-state index contributed by atoms with van der Waals surface area (Å²) in [7, 11) is 0. The van der Waals surface area contributed by atoms with Gasteiger partial charge in [0.1, 0.15) is 5.56 Å². The van der Waals surface area contributed by atoms with Crippen LogP contribution in [0.4, 0.5) is 13.2 Å². The van der Waals surface area contributed by atoms with E-state index < -0.39 is 28.7 Å². The van der Waals surface area contributed by atoms with Crippen LogP contribution in [-0.2, 0) is 12.7 Å². The van der Waals surface area contributed by atoms with E-state index in [0.29, 0.717) is 11.1 Å². The molecule has 25 heavy (non-hydrogen) atoms. The third-order valence-corrected chi connectivity index (χ3v) is 3.83. The fraction of sp³-hybridized carbons (Fsp3) is 0.111. The zero-order valence-corrected chi connectivity index (χ0v) is 12.7. The summed E-state index contributed by atoms with van der Waals surface area (Å²) < 4.78 is 40.0. The molecule has 1 aromatic heterocycles. The van der Waals surface area contributed by atoms with Crippen molar-refractivity contribution >= 4 is 16.9 Å². The lowest BCUT2D eigenvalue weighted by Gasteiger charge is -2.14. The smallest absolute Gasteiger partial charge is 0.416 e. The molecular formula is C18H12F3NO3. The van der Waals surface area contributed by atoms with Gasteiger partial charge in [0.05, 0.1) is 11.1 Å². The van der Waals surface area contributed by atoms with Crippen molar-refractivity contribution in [2.24, 2.45) is 0 Å². The Labute approximate surface area is 139 Å². The number of carbonyl (C=O) groups is 1. The van der Waals surface area contributed by atoms with Crippen LogP contribution in [0.3, 0.4) is 0 Å². The molecule has 0 unspecified atom stereocenters. The number of pyridine rings is 1. The van der Waals surface area contributed by atoms with Crippen LogP contribution in [0.1, 0.15) is 21.5 Å². The highest BCUT2D eigenvalue weighted by Crippen LogP contribution is 2.29. The van der Waals surface area contributed by atoms with E-state index in [4.69, 9.17) is 0 Å². The van der Waals surface area contributed by atoms with Crippen LogP contribution in [0.2, 0.25) is 0 Å². The van der Waals surface area contributed by atoms with Crippen molar-refractivity contribution in [3.63, 3.8) is 0 Å². The van der Waals surface area contributed by atoms with E-state index in [1.165, 1.54) is 22.8 Å². The van der Waals surface area contributed by atoms with E-state index in [0.717, 1.165) is 18.3 Å². The largest absolute Gasteiger partial charge is 0.477 e. The molecule has 0 amide bonds. The minimum absolute atomic E-state index is 0.00495. The van der Waals surface area contributed by atoms with E-state index >= 15 is 0 Å². The summed E-state index contributed by atoms with van der Waals surface area (Å²) in [6, 6.07) is 11.2. The summed E-state index contributed by atoms with van der Waals surface area (Å²) in [6.45, 7) is 0.00495. The molecule has 0 spiro atoms. The van der Waals surface area contributed by atoms with Crippen molar-refractivity contribution in [2.75, 3.05) is 0 Å². The number of benzene rings is 2. The Bertz CT molecular complexity index is 1020. The Balaban J connectivity index is 2.15. The molecule has 0 radical (unpaired) electrons. The van der Waals surface area contributed by atoms with Gasteiger partial charge in [0.25, 0.3) is 0 Å². The Morgan fingerprint density at radius 1 is 1.08 bits per heavy atom. The van der Waals surface area contributed by atoms with Gasteiger partial charge in [-0.2, -0.15) is 13.2 Å². The number of halogens is 3. The molecule has 0 aliphatic rings. The standard InChI is InChI=1S/C18H12F3NO3/c19-18(20,21)12-5-3-4-11(8-12)9-22-10-14(17(24)25)16(23)13-6-1-2-7-15(13)22/h1-8,10H,9H2,(H,24,25). The van der Waals surface area contributed by atoms with Gasteiger partial charge in [-0.1, -0.05) is 24.3 Å². The Morgan fingerprint density at radius 2 is 1.80 bits per heavy atom. The number of aromatic carboxylic acids is 1. The summed E-state index contributed by atoms with van der Waals surface area (Å²) in [4.78, 5) is 23.5. The summed E-state index contributed by atoms with van der Waals surface area (Å²) in [5.41, 5.74) is -1.03. The minimum atomic E-state index is -4.46. The normalized spacial score (nSPS) is 11.6. The lowest BCUT2D eigenvalue weighted by atomic mass is 10.1. The number of alkyl halides is 3. The van der Waals surface area contributed by atoms with Crippen LogP contribution in [-0.4, -0.2) is 15.6 Å². The number of rotatable bonds is 3. The van der Waals surface area contributed by atoms with E-state index in [2.05, 4.69) is 0 Å². The van der Waals surface area contributed by atoms with Crippen LogP contribution in [0.5, 0.6) is 0 Å². The van der Waals surface area contributed by atoms with E-state index in [1.54, 1.807) is 18.2 Å². The maximum absolute atomic E-state index is 12.9. The number of hydrogen-bond donors (Lipinski definition) is 1. The molecule has 0 saturated carbocycles. The number of carboxylic acids is 1. The summed E-state index contributed by atoms with van der Waals surface area (Å²) in [6.07, 6.45) is -3.30. The van der Waals surface area contributed by atoms with Crippen molar-refractivity contribution in [1.29, 1.82) is 0 Å². The zero-order chi connectivity index (χ0) is 18.2. The van der Waals surface area contributed by atoms with Crippen LogP contribution in [0, 0.1) is 0 Å². The lowest BCUT2D eigenvalue weighted by Crippen LogP contribution is -2.19. The molecule has 7 heteroatoms. The highest BCUT2D eigenvalue weighted by Gasteiger charge is 2.30. The van der Waals surface area contributed by atoms with Crippen LogP contribution < -0.4 is 5.43 Å². The molecule has 3 aromatic rings. The van der Waals surface area contributed by atoms with Crippen LogP contribution in [0.15, 0.2) is 59.5 Å². The van der Waals surface area contributed by atoms with Gasteiger partial charge in [0, 0.05) is 18.1 Å². The molecule has 4 nitrogen and oxygen atoms in total. The maximum atomic E-state index is 12.9. The molecule has 0 atom stereocenters. The summed E-state index contributed by atoms with van der Waals surface area (Å²) in [5, 5.41) is 9.41. The molecule has 0 bridgehead atoms. The van der Waals surface area contributed by atoms with Crippen molar-refractivity contribution in [2.45, 2.75) is 12.7 Å². The average Bonchev–Trinajstić information content (AvgIpc) is 2.57. The SMILES string of the molecule is O=C(O)c1cn(Cc2cccc(C(F)(F)F)c2)c2ccccc2c1=O. The molecule has 0 fully saturated rings. The molecule has 1 heterocycles. The average molecular weight is 347 g/mol. The second-order valence-electron chi connectivity index (χ2n) is 5.52. The quantitative estimate of drug-likeness (QED) is 0.785. The maximum Gasteiger partial charge on any atom is 0.416 e. The zero-order valence-electron chi connectivity index (χ0n) is 12.7. The highest BCUT2D eigenvalue weighted by molar-refractivity contribution is 5.92. The number of hydrogen-bond acceptors (Lipinski definition) is 2. The highest BCUT2D eigenvalue weighted by atomic mass is 19.4. The first-order valence-electron chi connectivity index (χ1n) is 7.29. The van der Waals surface area contributed by atoms with Gasteiger partial charge in [-0.25, -0.2) is 4.79 Å². The van der Waals surface area contributed by atoms with Crippen molar-refractivity contribution < 1.29 is 23.1 Å². The lowest BCUT2D eigenvalue weighted by molar-refractivity contribution is -0.137. The summed E-state index contributed by atoms with van der Waals surface area (Å²) >= 11 is 0. The van der Waals surface area contributed by atoms with Crippen molar-refractivity contribution in [1.82, 2.24) is 4.57 Å². The third-order valence-electron chi connectivity index (χ3n) is 3.83. The van der Waals surface area contributed by atoms with Crippen molar-refractivity contribution in [3.05, 3.63) is 81.6 Å². The number of aromatic nitrogens is 1. The fourth-order valence-corrected chi connectivity index (χ4v) is 2.67. The van der Waals surface area contributed by atoms with Gasteiger partial charge in [0.15, 0.2) is 0 Å². The van der Waals surface area contributed by atoms with Gasteiger partial charge < -0.3 is 9.67 Å². The predicted octanol–water partition coefficient (Wildman–Crippen LogP) is 3.77. The predicted molar refractivity (Wildman–Crippen MR) is 85.7 cm³/mol. The molecule has 128 valence electrons. The Morgan fingerprint density at radius 3 is 2.48 bits per heavy atom. The van der Waals surface area contributed by atoms with E-state index in [9.17, 15) is 27.9 Å². The van der Waals surface area contributed by atoms with Gasteiger partial charge in [0.2, 0.25) is 5.43 Å². The molecule has 1 N–H and O–H groups in total. The first-order valence-corrected chi connectivity index (χ1v) is 7.29. The third kappa shape index (κ3) is 3.26. The van der Waals surface area contributed by atoms with Gasteiger partial charge in [-0.3, -0.25) is 4.79 Å². The first-order chi connectivity index (χ1) is 11.8. The monoisotopic (exact) mass is 347 g/mol. The number of carboxylic acid groups (broad SMARTS) is 1. The molecule has 0 aliphatic heterocycles. The van der Waals surface area contributed by atoms with Crippen molar-refractivity contribution in [3.8, 4) is 0 Å². The molecular weight excluding hydrogens is 335 g/mol. The van der Waals surface area contributed by atoms with Gasteiger partial charge >= 0.3 is 12.1 Å². The Hall–Kier alpha value is -3.09. The van der Waals surface area contributed by atoms with E-state index in [-0.39, 0.29) is 11.9 Å². The topological polar surface area (TPSA) is 59.3 Å². The van der Waals surface area contributed by atoms with Gasteiger partial charge in [-0.15, -0.1) is 0 Å². The number of fused-ring (bicyclic) bond motifs is 1. The second kappa shape index (κ2) is 6.08. The van der Waals surface area contributed by atoms with Crippen LogP contribution in [0.25, 0.3) is 10.9 Å². The molecule has 2 aromatic carbocycles. The first kappa shape index (κ1) is 16.8. The Kier molecular flexibility index (Phi) is 4.08. The minimum Gasteiger partial charge on any atom is -0.477 e. The van der Waals surface area contributed by atoms with Crippen LogP contribution >= 0.6 is 0 Å². The second-order valence-corrected chi connectivity index (χ2v) is 5.52. The fourth-order valence-electron chi connectivity index (χ4n) is 2.67.